The largest absolute Gasteiger partial charge is 0.469 e. The van der Waals surface area contributed by atoms with Gasteiger partial charge in [0.1, 0.15) is 11.5 Å². The molecule has 1 heterocycles. The highest BCUT2D eigenvalue weighted by atomic mass is 16.6. The molecule has 4 rings (SSSR count). The van der Waals surface area contributed by atoms with E-state index in [1.54, 1.807) is 12.1 Å². The Labute approximate surface area is 97.9 Å². The van der Waals surface area contributed by atoms with E-state index in [4.69, 9.17) is 4.42 Å². The predicted octanol–water partition coefficient (Wildman–Crippen LogP) is 2.01. The maximum atomic E-state index is 11.9. The Hall–Kier alpha value is -1.65. The van der Waals surface area contributed by atoms with E-state index >= 15 is 0 Å². The molecule has 0 radical (unpaired) electrons. The zero-order valence-electron chi connectivity index (χ0n) is 9.24. The number of hydrogen-bond donors (Lipinski definition) is 0. The molecular weight excluding hydrogens is 222 g/mol. The molecule has 1 aromatic heterocycles. The minimum atomic E-state index is -0.655. The third kappa shape index (κ3) is 1.49. The number of nitrogens with zero attached hydrogens (tertiary/aromatic N) is 1. The van der Waals surface area contributed by atoms with Crippen LogP contribution in [0.15, 0.2) is 22.8 Å². The van der Waals surface area contributed by atoms with Crippen molar-refractivity contribution < 1.29 is 14.1 Å². The minimum Gasteiger partial charge on any atom is -0.469 e. The first-order valence-electron chi connectivity index (χ1n) is 5.88. The quantitative estimate of drug-likeness (QED) is 0.580. The van der Waals surface area contributed by atoms with Gasteiger partial charge in [-0.25, -0.2) is 0 Å². The summed E-state index contributed by atoms with van der Waals surface area (Å²) in [5, 5.41) is 11.2. The minimum absolute atomic E-state index is 0.113. The van der Waals surface area contributed by atoms with Gasteiger partial charge in [0, 0.05) is 23.2 Å². The molecular formula is C12H13NO4. The third-order valence-corrected chi connectivity index (χ3v) is 4.12. The van der Waals surface area contributed by atoms with E-state index < -0.39 is 6.04 Å². The molecule has 3 saturated carbocycles. The van der Waals surface area contributed by atoms with Crippen molar-refractivity contribution >= 4 is 5.78 Å². The molecule has 90 valence electrons. The van der Waals surface area contributed by atoms with Gasteiger partial charge >= 0.3 is 0 Å². The Morgan fingerprint density at radius 1 is 1.41 bits per heavy atom. The molecule has 1 aromatic rings. The number of nitro groups is 1. The predicted molar refractivity (Wildman–Crippen MR) is 58.1 cm³/mol. The number of carbonyl (C=O) groups excluding carboxylic acids is 1. The van der Waals surface area contributed by atoms with E-state index in [1.807, 2.05) is 0 Å². The van der Waals surface area contributed by atoms with Crippen LogP contribution in [0.5, 0.6) is 0 Å². The number of carbonyl (C=O) groups is 1. The van der Waals surface area contributed by atoms with Crippen molar-refractivity contribution in [1.82, 2.24) is 0 Å². The zero-order valence-corrected chi connectivity index (χ0v) is 9.24. The van der Waals surface area contributed by atoms with Crippen molar-refractivity contribution in [1.29, 1.82) is 0 Å². The van der Waals surface area contributed by atoms with Crippen LogP contribution in [0.2, 0.25) is 0 Å². The van der Waals surface area contributed by atoms with Crippen LogP contribution < -0.4 is 0 Å². The number of ketones is 1. The van der Waals surface area contributed by atoms with Crippen LogP contribution in [0.25, 0.3) is 0 Å². The van der Waals surface area contributed by atoms with Crippen molar-refractivity contribution in [2.24, 2.45) is 11.8 Å². The molecule has 4 atom stereocenters. The van der Waals surface area contributed by atoms with Crippen LogP contribution in [-0.4, -0.2) is 16.7 Å². The summed E-state index contributed by atoms with van der Waals surface area (Å²) in [6, 6.07) is 2.81. The van der Waals surface area contributed by atoms with Crippen molar-refractivity contribution in [2.75, 3.05) is 0 Å². The summed E-state index contributed by atoms with van der Waals surface area (Å²) in [5.41, 5.74) is 0. The van der Waals surface area contributed by atoms with Gasteiger partial charge in [0.15, 0.2) is 0 Å². The van der Waals surface area contributed by atoms with Gasteiger partial charge in [0.2, 0.25) is 6.04 Å². The molecule has 5 heteroatoms. The van der Waals surface area contributed by atoms with Crippen LogP contribution in [0.4, 0.5) is 0 Å². The number of Topliss-reactive ketones (excluding diaryl/α,β-unsaturated/α-hetero) is 1. The summed E-state index contributed by atoms with van der Waals surface area (Å²) in [6.07, 6.45) is 3.44. The van der Waals surface area contributed by atoms with Crippen LogP contribution >= 0.6 is 0 Å². The normalized spacial score (nSPS) is 36.1. The Bertz CT molecular complexity index is 453. The fourth-order valence-corrected chi connectivity index (χ4v) is 3.42. The number of rotatable bonds is 2. The molecule has 0 aliphatic heterocycles. The van der Waals surface area contributed by atoms with E-state index in [0.717, 1.165) is 12.8 Å². The molecule has 0 N–H and O–H groups in total. The fraction of sp³-hybridized carbons (Fsp3) is 0.583. The second kappa shape index (κ2) is 3.68. The number of hydrogen-bond acceptors (Lipinski definition) is 4. The Balaban J connectivity index is 2.02. The van der Waals surface area contributed by atoms with Crippen LogP contribution in [0, 0.1) is 22.0 Å². The lowest BCUT2D eigenvalue weighted by Gasteiger charge is -2.41. The second-order valence-corrected chi connectivity index (χ2v) is 4.93. The smallest absolute Gasteiger partial charge is 0.226 e. The van der Waals surface area contributed by atoms with E-state index in [-0.39, 0.29) is 28.5 Å². The average Bonchev–Trinajstić information content (AvgIpc) is 2.81. The highest BCUT2D eigenvalue weighted by molar-refractivity contribution is 5.84. The molecule has 0 saturated heterocycles. The van der Waals surface area contributed by atoms with Gasteiger partial charge in [0.25, 0.3) is 0 Å². The summed E-state index contributed by atoms with van der Waals surface area (Å²) in [6.45, 7) is 0. The number of fused-ring (bicyclic) bond motifs is 3. The first-order chi connectivity index (χ1) is 8.18. The molecule has 17 heavy (non-hydrogen) atoms. The molecule has 3 aliphatic rings. The third-order valence-electron chi connectivity index (χ3n) is 4.12. The molecule has 2 bridgehead atoms. The van der Waals surface area contributed by atoms with Crippen LogP contribution in [0.1, 0.15) is 30.9 Å². The summed E-state index contributed by atoms with van der Waals surface area (Å²) in [7, 11) is 0. The maximum absolute atomic E-state index is 11.9. The van der Waals surface area contributed by atoms with E-state index in [9.17, 15) is 14.9 Å². The summed E-state index contributed by atoms with van der Waals surface area (Å²) in [4.78, 5) is 22.8. The number of furan rings is 1. The van der Waals surface area contributed by atoms with Crippen molar-refractivity contribution in [3.8, 4) is 0 Å². The van der Waals surface area contributed by atoms with Gasteiger partial charge in [-0.3, -0.25) is 14.9 Å². The van der Waals surface area contributed by atoms with Crippen molar-refractivity contribution in [2.45, 2.75) is 31.2 Å². The maximum Gasteiger partial charge on any atom is 0.226 e. The SMILES string of the molecule is O=C1C[C@@H]2CC[C@H]1[C@H](c1ccco1)[C@H]2[N+](=O)[O-]. The lowest BCUT2D eigenvalue weighted by Crippen LogP contribution is -2.50. The molecule has 3 fully saturated rings. The van der Waals surface area contributed by atoms with Gasteiger partial charge in [-0.1, -0.05) is 0 Å². The molecule has 0 aromatic carbocycles. The highest BCUT2D eigenvalue weighted by Gasteiger charge is 2.55. The zero-order chi connectivity index (χ0) is 12.0. The average molecular weight is 235 g/mol. The summed E-state index contributed by atoms with van der Waals surface area (Å²) in [5.74, 6) is 0.0642. The fourth-order valence-electron chi connectivity index (χ4n) is 3.42. The molecule has 0 amide bonds. The Kier molecular flexibility index (Phi) is 2.28. The Morgan fingerprint density at radius 2 is 2.24 bits per heavy atom. The molecule has 5 nitrogen and oxygen atoms in total. The van der Waals surface area contributed by atoms with Gasteiger partial charge in [-0.05, 0) is 25.0 Å². The van der Waals surface area contributed by atoms with Crippen LogP contribution in [-0.2, 0) is 4.79 Å². The lowest BCUT2D eigenvalue weighted by atomic mass is 9.60. The monoisotopic (exact) mass is 235 g/mol. The van der Waals surface area contributed by atoms with Crippen molar-refractivity contribution in [3.63, 3.8) is 0 Å². The van der Waals surface area contributed by atoms with Gasteiger partial charge in [-0.2, -0.15) is 0 Å². The molecule has 0 unspecified atom stereocenters. The standard InChI is InChI=1S/C12H13NO4/c14-9-6-7-3-4-8(9)11(12(7)13(15)16)10-2-1-5-17-10/h1-2,5,7-8,11-12H,3-4,6H2/t7-,8+,11+,12-/m0/s1. The highest BCUT2D eigenvalue weighted by Crippen LogP contribution is 2.49. The Morgan fingerprint density at radius 3 is 2.82 bits per heavy atom. The topological polar surface area (TPSA) is 73.3 Å². The lowest BCUT2D eigenvalue weighted by molar-refractivity contribution is -0.543. The first kappa shape index (κ1) is 10.5. The van der Waals surface area contributed by atoms with Crippen LogP contribution in [0.3, 0.4) is 0 Å². The van der Waals surface area contributed by atoms with E-state index in [1.165, 1.54) is 6.26 Å². The summed E-state index contributed by atoms with van der Waals surface area (Å²) >= 11 is 0. The first-order valence-corrected chi connectivity index (χ1v) is 5.88. The van der Waals surface area contributed by atoms with Gasteiger partial charge in [0.05, 0.1) is 12.2 Å². The van der Waals surface area contributed by atoms with Crippen molar-refractivity contribution in [3.05, 3.63) is 34.3 Å². The van der Waals surface area contributed by atoms with Gasteiger partial charge < -0.3 is 4.42 Å². The summed E-state index contributed by atoms with van der Waals surface area (Å²) < 4.78 is 5.30. The van der Waals surface area contributed by atoms with E-state index in [0.29, 0.717) is 12.2 Å². The van der Waals surface area contributed by atoms with E-state index in [2.05, 4.69) is 0 Å². The molecule has 0 spiro atoms. The molecule has 3 aliphatic carbocycles. The second-order valence-electron chi connectivity index (χ2n) is 4.93. The van der Waals surface area contributed by atoms with Gasteiger partial charge in [-0.15, -0.1) is 0 Å².